The highest BCUT2D eigenvalue weighted by molar-refractivity contribution is 6.02. The van der Waals surface area contributed by atoms with Gasteiger partial charge in [0.05, 0.1) is 16.6 Å². The summed E-state index contributed by atoms with van der Waals surface area (Å²) in [5, 5.41) is 16.4. The number of carbonyl (C=O) groups is 1. The van der Waals surface area contributed by atoms with E-state index in [9.17, 15) is 19.3 Å². The maximum absolute atomic E-state index is 13.3. The minimum absolute atomic E-state index is 0.0300. The SMILES string of the molecule is CCC1CNC(=O)c2cc(F)cc([N+](=O)[O-])c2N1. The molecule has 0 radical (unpaired) electrons. The van der Waals surface area contributed by atoms with Crippen LogP contribution in [0, 0.1) is 15.9 Å². The number of amides is 1. The molecule has 1 aromatic rings. The monoisotopic (exact) mass is 253 g/mol. The fourth-order valence-corrected chi connectivity index (χ4v) is 1.88. The normalized spacial score (nSPS) is 18.3. The van der Waals surface area contributed by atoms with Crippen LogP contribution in [0.15, 0.2) is 12.1 Å². The quantitative estimate of drug-likeness (QED) is 0.620. The van der Waals surface area contributed by atoms with Crippen molar-refractivity contribution in [3.05, 3.63) is 33.6 Å². The number of fused-ring (bicyclic) bond motifs is 1. The first-order chi connectivity index (χ1) is 8.52. The van der Waals surface area contributed by atoms with Gasteiger partial charge in [0.25, 0.3) is 11.6 Å². The highest BCUT2D eigenvalue weighted by Crippen LogP contribution is 2.31. The lowest BCUT2D eigenvalue weighted by Gasteiger charge is -2.14. The molecule has 1 amide bonds. The van der Waals surface area contributed by atoms with Crippen molar-refractivity contribution in [3.8, 4) is 0 Å². The molecule has 0 fully saturated rings. The van der Waals surface area contributed by atoms with E-state index in [0.29, 0.717) is 13.0 Å². The molecule has 1 aliphatic heterocycles. The molecule has 6 nitrogen and oxygen atoms in total. The molecule has 0 saturated heterocycles. The van der Waals surface area contributed by atoms with Crippen LogP contribution in [0.1, 0.15) is 23.7 Å². The number of hydrogen-bond acceptors (Lipinski definition) is 4. The summed E-state index contributed by atoms with van der Waals surface area (Å²) in [5.41, 5.74) is -0.360. The molecule has 18 heavy (non-hydrogen) atoms. The molecule has 2 N–H and O–H groups in total. The van der Waals surface area contributed by atoms with E-state index < -0.39 is 22.3 Å². The van der Waals surface area contributed by atoms with Crippen molar-refractivity contribution in [1.82, 2.24) is 5.32 Å². The van der Waals surface area contributed by atoms with Crippen LogP contribution in [0.3, 0.4) is 0 Å². The number of anilines is 1. The van der Waals surface area contributed by atoms with E-state index in [1.165, 1.54) is 0 Å². The van der Waals surface area contributed by atoms with Gasteiger partial charge in [-0.1, -0.05) is 6.92 Å². The van der Waals surface area contributed by atoms with Crippen molar-refractivity contribution in [2.24, 2.45) is 0 Å². The van der Waals surface area contributed by atoms with Crippen molar-refractivity contribution < 1.29 is 14.1 Å². The molecule has 96 valence electrons. The molecule has 0 aromatic heterocycles. The molecule has 2 rings (SSSR count). The first kappa shape index (κ1) is 12.3. The number of rotatable bonds is 2. The zero-order valence-electron chi connectivity index (χ0n) is 9.70. The van der Waals surface area contributed by atoms with Gasteiger partial charge in [0.15, 0.2) is 0 Å². The predicted octanol–water partition coefficient (Wildman–Crippen LogP) is 1.67. The largest absolute Gasteiger partial charge is 0.374 e. The first-order valence-electron chi connectivity index (χ1n) is 5.55. The smallest absolute Gasteiger partial charge is 0.296 e. The summed E-state index contributed by atoms with van der Waals surface area (Å²) in [6, 6.07) is 1.71. The molecule has 1 heterocycles. The van der Waals surface area contributed by atoms with Gasteiger partial charge < -0.3 is 10.6 Å². The summed E-state index contributed by atoms with van der Waals surface area (Å²) >= 11 is 0. The van der Waals surface area contributed by atoms with E-state index in [-0.39, 0.29) is 17.3 Å². The molecule has 1 unspecified atom stereocenters. The van der Waals surface area contributed by atoms with Crippen molar-refractivity contribution in [2.75, 3.05) is 11.9 Å². The van der Waals surface area contributed by atoms with Gasteiger partial charge in [-0.15, -0.1) is 0 Å². The minimum Gasteiger partial charge on any atom is -0.374 e. The van der Waals surface area contributed by atoms with E-state index >= 15 is 0 Å². The van der Waals surface area contributed by atoms with Crippen molar-refractivity contribution in [2.45, 2.75) is 19.4 Å². The molecular weight excluding hydrogens is 241 g/mol. The summed E-state index contributed by atoms with van der Waals surface area (Å²) in [6.07, 6.45) is 0.689. The van der Waals surface area contributed by atoms with Crippen LogP contribution in [0.25, 0.3) is 0 Å². The number of nitrogens with zero attached hydrogens (tertiary/aromatic N) is 1. The van der Waals surface area contributed by atoms with Crippen LogP contribution < -0.4 is 10.6 Å². The predicted molar refractivity (Wildman–Crippen MR) is 63.1 cm³/mol. The third-order valence-electron chi connectivity index (χ3n) is 2.87. The second-order valence-corrected chi connectivity index (χ2v) is 4.06. The Labute approximate surface area is 102 Å². The molecule has 0 bridgehead atoms. The Morgan fingerprint density at radius 3 is 2.89 bits per heavy atom. The molecular formula is C11H12FN3O3. The summed E-state index contributed by atoms with van der Waals surface area (Å²) in [4.78, 5) is 22.0. The Morgan fingerprint density at radius 2 is 2.28 bits per heavy atom. The van der Waals surface area contributed by atoms with E-state index in [1.807, 2.05) is 6.92 Å². The number of nitro benzene ring substituents is 1. The van der Waals surface area contributed by atoms with E-state index in [1.54, 1.807) is 0 Å². The second kappa shape index (κ2) is 4.59. The number of nitrogens with one attached hydrogen (secondary N) is 2. The van der Waals surface area contributed by atoms with Crippen LogP contribution in [-0.4, -0.2) is 23.4 Å². The third kappa shape index (κ3) is 2.11. The minimum atomic E-state index is -0.799. The fourth-order valence-electron chi connectivity index (χ4n) is 1.88. The highest BCUT2D eigenvalue weighted by Gasteiger charge is 2.28. The van der Waals surface area contributed by atoms with Gasteiger partial charge in [0, 0.05) is 12.6 Å². The molecule has 1 aromatic carbocycles. The Balaban J connectivity index is 2.60. The molecule has 0 spiro atoms. The van der Waals surface area contributed by atoms with Crippen LogP contribution in [0.4, 0.5) is 15.8 Å². The lowest BCUT2D eigenvalue weighted by molar-refractivity contribution is -0.384. The Kier molecular flexibility index (Phi) is 3.14. The Morgan fingerprint density at radius 1 is 1.56 bits per heavy atom. The lowest BCUT2D eigenvalue weighted by atomic mass is 10.1. The maximum Gasteiger partial charge on any atom is 0.296 e. The first-order valence-corrected chi connectivity index (χ1v) is 5.55. The number of carbonyl (C=O) groups excluding carboxylic acids is 1. The summed E-state index contributed by atoms with van der Waals surface area (Å²) < 4.78 is 13.3. The van der Waals surface area contributed by atoms with E-state index in [4.69, 9.17) is 0 Å². The maximum atomic E-state index is 13.3. The van der Waals surface area contributed by atoms with Crippen molar-refractivity contribution in [1.29, 1.82) is 0 Å². The Hall–Kier alpha value is -2.18. The van der Waals surface area contributed by atoms with Gasteiger partial charge in [0.1, 0.15) is 11.5 Å². The van der Waals surface area contributed by atoms with E-state index in [0.717, 1.165) is 12.1 Å². The second-order valence-electron chi connectivity index (χ2n) is 4.06. The lowest BCUT2D eigenvalue weighted by Crippen LogP contribution is -2.32. The van der Waals surface area contributed by atoms with Gasteiger partial charge in [-0.3, -0.25) is 14.9 Å². The van der Waals surface area contributed by atoms with Crippen LogP contribution in [0.2, 0.25) is 0 Å². The molecule has 0 saturated carbocycles. The van der Waals surface area contributed by atoms with Crippen molar-refractivity contribution >= 4 is 17.3 Å². The third-order valence-corrected chi connectivity index (χ3v) is 2.87. The van der Waals surface area contributed by atoms with Crippen LogP contribution in [-0.2, 0) is 0 Å². The summed E-state index contributed by atoms with van der Waals surface area (Å²) in [6.45, 7) is 2.24. The zero-order valence-corrected chi connectivity index (χ0v) is 9.70. The topological polar surface area (TPSA) is 84.3 Å². The van der Waals surface area contributed by atoms with Gasteiger partial charge in [-0.05, 0) is 12.5 Å². The van der Waals surface area contributed by atoms with Gasteiger partial charge in [-0.2, -0.15) is 0 Å². The highest BCUT2D eigenvalue weighted by atomic mass is 19.1. The fraction of sp³-hybridized carbons (Fsp3) is 0.364. The van der Waals surface area contributed by atoms with E-state index in [2.05, 4.69) is 10.6 Å². The number of hydrogen-bond donors (Lipinski definition) is 2. The van der Waals surface area contributed by atoms with Crippen LogP contribution in [0.5, 0.6) is 0 Å². The van der Waals surface area contributed by atoms with Gasteiger partial charge in [0.2, 0.25) is 0 Å². The molecule has 1 atom stereocenters. The Bertz CT molecular complexity index is 519. The van der Waals surface area contributed by atoms with Crippen LogP contribution >= 0.6 is 0 Å². The average Bonchev–Trinajstić information content (AvgIpc) is 2.48. The van der Waals surface area contributed by atoms with Crippen molar-refractivity contribution in [3.63, 3.8) is 0 Å². The van der Waals surface area contributed by atoms with Gasteiger partial charge in [-0.25, -0.2) is 4.39 Å². The average molecular weight is 253 g/mol. The number of nitro groups is 1. The molecule has 0 aliphatic carbocycles. The summed E-state index contributed by atoms with van der Waals surface area (Å²) in [5.74, 6) is -1.30. The van der Waals surface area contributed by atoms with Gasteiger partial charge >= 0.3 is 0 Å². The molecule has 7 heteroatoms. The number of halogens is 1. The zero-order chi connectivity index (χ0) is 13.3. The standard InChI is InChI=1S/C11H12FN3O3/c1-2-7-5-13-11(16)8-3-6(12)4-9(15(17)18)10(8)14-7/h3-4,7,14H,2,5H2,1H3,(H,13,16). The molecule has 1 aliphatic rings. The summed E-state index contributed by atoms with van der Waals surface area (Å²) in [7, 11) is 0. The number of benzene rings is 1.